The predicted molar refractivity (Wildman–Crippen MR) is 69.8 cm³/mol. The fourth-order valence-electron chi connectivity index (χ4n) is 1.44. The molecule has 0 bridgehead atoms. The Labute approximate surface area is 105 Å². The number of hydrogen-bond acceptors (Lipinski definition) is 4. The minimum absolute atomic E-state index is 0.0602. The van der Waals surface area contributed by atoms with E-state index in [9.17, 15) is 13.5 Å². The number of nitrogen functional groups attached to an aromatic ring is 1. The van der Waals surface area contributed by atoms with Crippen LogP contribution in [0.4, 0.5) is 11.4 Å². The average Bonchev–Trinajstić information content (AvgIpc) is 2.35. The first-order chi connectivity index (χ1) is 8.49. The summed E-state index contributed by atoms with van der Waals surface area (Å²) >= 11 is 0. The second kappa shape index (κ2) is 4.58. The van der Waals surface area contributed by atoms with Gasteiger partial charge in [0.25, 0.3) is 10.0 Å². The van der Waals surface area contributed by atoms with Gasteiger partial charge in [-0.1, -0.05) is 18.2 Å². The number of phenols is 1. The molecular weight excluding hydrogens is 252 g/mol. The van der Waals surface area contributed by atoms with Crippen molar-refractivity contribution in [2.75, 3.05) is 10.5 Å². The second-order valence-electron chi connectivity index (χ2n) is 3.69. The van der Waals surface area contributed by atoms with Crippen molar-refractivity contribution in [3.63, 3.8) is 0 Å². The summed E-state index contributed by atoms with van der Waals surface area (Å²) in [6.07, 6.45) is 0. The summed E-state index contributed by atoms with van der Waals surface area (Å²) in [5.41, 5.74) is 6.03. The zero-order chi connectivity index (χ0) is 13.2. The molecule has 0 fully saturated rings. The molecule has 94 valence electrons. The molecule has 0 saturated heterocycles. The van der Waals surface area contributed by atoms with Gasteiger partial charge in [-0.3, -0.25) is 4.72 Å². The Balaban J connectivity index is 2.37. The van der Waals surface area contributed by atoms with Crippen molar-refractivity contribution in [3.05, 3.63) is 48.5 Å². The number of hydrogen-bond donors (Lipinski definition) is 3. The first kappa shape index (κ1) is 12.3. The fraction of sp³-hybridized carbons (Fsp3) is 0. The Hall–Kier alpha value is -2.21. The smallest absolute Gasteiger partial charge is 0.261 e. The molecule has 4 N–H and O–H groups in total. The summed E-state index contributed by atoms with van der Waals surface area (Å²) in [5, 5.41) is 9.31. The van der Waals surface area contributed by atoms with Crippen LogP contribution in [0.15, 0.2) is 53.4 Å². The molecule has 2 rings (SSSR count). The second-order valence-corrected chi connectivity index (χ2v) is 5.37. The molecule has 0 aliphatic heterocycles. The lowest BCUT2D eigenvalue weighted by Gasteiger charge is -2.10. The van der Waals surface area contributed by atoms with Crippen molar-refractivity contribution in [1.29, 1.82) is 0 Å². The van der Waals surface area contributed by atoms with Gasteiger partial charge < -0.3 is 10.8 Å². The van der Waals surface area contributed by atoms with Gasteiger partial charge >= 0.3 is 0 Å². The molecule has 2 aromatic rings. The van der Waals surface area contributed by atoms with Gasteiger partial charge in [0, 0.05) is 6.07 Å². The van der Waals surface area contributed by atoms with Gasteiger partial charge in [-0.05, 0) is 24.3 Å². The van der Waals surface area contributed by atoms with Crippen molar-refractivity contribution < 1.29 is 13.5 Å². The number of aromatic hydroxyl groups is 1. The molecule has 0 aliphatic carbocycles. The molecule has 0 aromatic heterocycles. The largest absolute Gasteiger partial charge is 0.508 e. The van der Waals surface area contributed by atoms with E-state index in [4.69, 9.17) is 5.73 Å². The first-order valence-electron chi connectivity index (χ1n) is 5.15. The van der Waals surface area contributed by atoms with E-state index in [2.05, 4.69) is 4.72 Å². The third kappa shape index (κ3) is 2.54. The van der Waals surface area contributed by atoms with E-state index < -0.39 is 10.0 Å². The summed E-state index contributed by atoms with van der Waals surface area (Å²) in [6.45, 7) is 0. The highest BCUT2D eigenvalue weighted by molar-refractivity contribution is 7.92. The predicted octanol–water partition coefficient (Wildman–Crippen LogP) is 1.78. The first-order valence-corrected chi connectivity index (χ1v) is 6.64. The van der Waals surface area contributed by atoms with Gasteiger partial charge in [-0.15, -0.1) is 0 Å². The van der Waals surface area contributed by atoms with E-state index in [0.717, 1.165) is 0 Å². The van der Waals surface area contributed by atoms with Gasteiger partial charge in [0.15, 0.2) is 0 Å². The van der Waals surface area contributed by atoms with E-state index in [-0.39, 0.29) is 22.0 Å². The summed E-state index contributed by atoms with van der Waals surface area (Å²) in [4.78, 5) is 0.132. The quantitative estimate of drug-likeness (QED) is 0.582. The Morgan fingerprint density at radius 2 is 1.72 bits per heavy atom. The molecule has 6 heteroatoms. The van der Waals surface area contributed by atoms with E-state index in [1.54, 1.807) is 18.2 Å². The van der Waals surface area contributed by atoms with Crippen LogP contribution in [0, 0.1) is 0 Å². The molecule has 0 atom stereocenters. The van der Waals surface area contributed by atoms with Gasteiger partial charge in [0.05, 0.1) is 16.3 Å². The highest BCUT2D eigenvalue weighted by Gasteiger charge is 2.15. The average molecular weight is 264 g/mol. The van der Waals surface area contributed by atoms with E-state index >= 15 is 0 Å². The lowest BCUT2D eigenvalue weighted by atomic mass is 10.2. The Kier molecular flexibility index (Phi) is 3.12. The van der Waals surface area contributed by atoms with Gasteiger partial charge in [0.1, 0.15) is 5.75 Å². The molecular formula is C12H12N2O3S. The van der Waals surface area contributed by atoms with Gasteiger partial charge in [0.2, 0.25) is 0 Å². The molecule has 0 unspecified atom stereocenters. The maximum atomic E-state index is 12.0. The van der Waals surface area contributed by atoms with Crippen LogP contribution >= 0.6 is 0 Å². The van der Waals surface area contributed by atoms with Crippen molar-refractivity contribution in [3.8, 4) is 5.75 Å². The molecule has 0 heterocycles. The fourth-order valence-corrected chi connectivity index (χ4v) is 2.54. The van der Waals surface area contributed by atoms with Crippen molar-refractivity contribution >= 4 is 21.4 Å². The lowest BCUT2D eigenvalue weighted by Crippen LogP contribution is -2.13. The molecule has 0 amide bonds. The number of nitrogens with one attached hydrogen (secondary N) is 1. The van der Waals surface area contributed by atoms with Gasteiger partial charge in [-0.2, -0.15) is 0 Å². The SMILES string of the molecule is Nc1ccc(O)cc1NS(=O)(=O)c1ccccc1. The lowest BCUT2D eigenvalue weighted by molar-refractivity contribution is 0.476. The van der Waals surface area contributed by atoms with Crippen LogP contribution < -0.4 is 10.5 Å². The monoisotopic (exact) mass is 264 g/mol. The van der Waals surface area contributed by atoms with Crippen LogP contribution in [0.25, 0.3) is 0 Å². The maximum Gasteiger partial charge on any atom is 0.261 e. The Bertz CT molecular complexity index is 654. The summed E-state index contributed by atoms with van der Waals surface area (Å²) in [6, 6.07) is 12.0. The van der Waals surface area contributed by atoms with Crippen LogP contribution in [0.2, 0.25) is 0 Å². The van der Waals surface area contributed by atoms with Crippen LogP contribution in [0.1, 0.15) is 0 Å². The van der Waals surface area contributed by atoms with Crippen molar-refractivity contribution in [1.82, 2.24) is 0 Å². The van der Waals surface area contributed by atoms with Crippen LogP contribution in [0.3, 0.4) is 0 Å². The highest BCUT2D eigenvalue weighted by Crippen LogP contribution is 2.26. The van der Waals surface area contributed by atoms with E-state index in [1.165, 1.54) is 30.3 Å². The van der Waals surface area contributed by atoms with Crippen LogP contribution in [0.5, 0.6) is 5.75 Å². The highest BCUT2D eigenvalue weighted by atomic mass is 32.2. The summed E-state index contributed by atoms with van der Waals surface area (Å²) in [7, 11) is -3.69. The number of anilines is 2. The maximum absolute atomic E-state index is 12.0. The molecule has 0 radical (unpaired) electrons. The third-order valence-electron chi connectivity index (χ3n) is 2.33. The molecule has 0 saturated carbocycles. The summed E-state index contributed by atoms with van der Waals surface area (Å²) < 4.78 is 26.4. The molecule has 0 aliphatic rings. The minimum atomic E-state index is -3.69. The third-order valence-corrected chi connectivity index (χ3v) is 3.72. The molecule has 2 aromatic carbocycles. The standard InChI is InChI=1S/C12H12N2O3S/c13-11-7-6-9(15)8-12(11)14-18(16,17)10-4-2-1-3-5-10/h1-8,14-15H,13H2. The van der Waals surface area contributed by atoms with Crippen LogP contribution in [-0.4, -0.2) is 13.5 Å². The number of benzene rings is 2. The zero-order valence-corrected chi connectivity index (χ0v) is 10.2. The Morgan fingerprint density at radius 3 is 2.39 bits per heavy atom. The number of nitrogens with two attached hydrogens (primary N) is 1. The van der Waals surface area contributed by atoms with E-state index in [1.807, 2.05) is 0 Å². The number of sulfonamides is 1. The summed E-state index contributed by atoms with van der Waals surface area (Å²) in [5.74, 6) is -0.0602. The van der Waals surface area contributed by atoms with Crippen LogP contribution in [-0.2, 0) is 10.0 Å². The molecule has 18 heavy (non-hydrogen) atoms. The van der Waals surface area contributed by atoms with Crippen molar-refractivity contribution in [2.24, 2.45) is 0 Å². The minimum Gasteiger partial charge on any atom is -0.508 e. The number of phenolic OH excluding ortho intramolecular Hbond substituents is 1. The molecule has 5 nitrogen and oxygen atoms in total. The van der Waals surface area contributed by atoms with E-state index in [0.29, 0.717) is 0 Å². The zero-order valence-electron chi connectivity index (χ0n) is 9.37. The Morgan fingerprint density at radius 1 is 1.06 bits per heavy atom. The topological polar surface area (TPSA) is 92.4 Å². The van der Waals surface area contributed by atoms with Gasteiger partial charge in [-0.25, -0.2) is 8.42 Å². The van der Waals surface area contributed by atoms with Crippen molar-refractivity contribution in [2.45, 2.75) is 4.90 Å². The normalized spacial score (nSPS) is 11.1. The number of rotatable bonds is 3. The molecule has 0 spiro atoms.